The lowest BCUT2D eigenvalue weighted by Gasteiger charge is -2.30. The molecule has 2 unspecified atom stereocenters. The molecule has 1 aromatic heterocycles. The van der Waals surface area contributed by atoms with Gasteiger partial charge in [0.05, 0.1) is 12.3 Å². The van der Waals surface area contributed by atoms with Gasteiger partial charge in [0, 0.05) is 38.0 Å². The molecular formula is C13H23N3O. The van der Waals surface area contributed by atoms with Crippen molar-refractivity contribution in [2.75, 3.05) is 6.61 Å². The lowest BCUT2D eigenvalue weighted by molar-refractivity contribution is -0.00342. The first kappa shape index (κ1) is 12.6. The maximum absolute atomic E-state index is 5.75. The van der Waals surface area contributed by atoms with Crippen LogP contribution >= 0.6 is 0 Å². The second kappa shape index (κ2) is 6.17. The van der Waals surface area contributed by atoms with Crippen LogP contribution in [0.3, 0.4) is 0 Å². The minimum atomic E-state index is 0.458. The summed E-state index contributed by atoms with van der Waals surface area (Å²) < 4.78 is 7.60. The van der Waals surface area contributed by atoms with Gasteiger partial charge in [-0.15, -0.1) is 0 Å². The Labute approximate surface area is 103 Å². The van der Waals surface area contributed by atoms with Crippen LogP contribution in [0.5, 0.6) is 0 Å². The van der Waals surface area contributed by atoms with Crippen LogP contribution in [0.2, 0.25) is 0 Å². The first-order valence-electron chi connectivity index (χ1n) is 6.60. The van der Waals surface area contributed by atoms with E-state index in [1.165, 1.54) is 18.4 Å². The SMILES string of the molecule is CCCC1CC(NCc2cnn(C)c2)CCO1. The fraction of sp³-hybridized carbons (Fsp3) is 0.769. The molecule has 96 valence electrons. The van der Waals surface area contributed by atoms with Crippen LogP contribution in [-0.2, 0) is 18.3 Å². The van der Waals surface area contributed by atoms with Gasteiger partial charge < -0.3 is 10.1 Å². The van der Waals surface area contributed by atoms with Gasteiger partial charge in [0.1, 0.15) is 0 Å². The Balaban J connectivity index is 1.75. The van der Waals surface area contributed by atoms with E-state index in [0.717, 1.165) is 26.0 Å². The Morgan fingerprint density at radius 2 is 2.47 bits per heavy atom. The molecule has 0 spiro atoms. The third-order valence-electron chi connectivity index (χ3n) is 3.33. The summed E-state index contributed by atoms with van der Waals surface area (Å²) in [6, 6.07) is 0.598. The van der Waals surface area contributed by atoms with Crippen LogP contribution < -0.4 is 5.32 Å². The molecular weight excluding hydrogens is 214 g/mol. The average molecular weight is 237 g/mol. The summed E-state index contributed by atoms with van der Waals surface area (Å²) in [6.07, 6.45) is 9.12. The standard InChI is InChI=1S/C13H23N3O/c1-3-4-13-7-12(5-6-17-13)14-8-11-9-15-16(2)10-11/h9-10,12-14H,3-8H2,1-2H3. The highest BCUT2D eigenvalue weighted by molar-refractivity contribution is 5.03. The zero-order valence-electron chi connectivity index (χ0n) is 10.9. The van der Waals surface area contributed by atoms with Gasteiger partial charge in [0.25, 0.3) is 0 Å². The zero-order chi connectivity index (χ0) is 12.1. The summed E-state index contributed by atoms with van der Waals surface area (Å²) in [5.41, 5.74) is 1.26. The number of nitrogens with one attached hydrogen (secondary N) is 1. The van der Waals surface area contributed by atoms with Crippen molar-refractivity contribution in [2.45, 2.75) is 51.3 Å². The third kappa shape index (κ3) is 3.82. The normalized spacial score (nSPS) is 25.1. The largest absolute Gasteiger partial charge is 0.378 e. The molecule has 17 heavy (non-hydrogen) atoms. The van der Waals surface area contributed by atoms with Crippen LogP contribution in [0.4, 0.5) is 0 Å². The van der Waals surface area contributed by atoms with Gasteiger partial charge in [0.2, 0.25) is 0 Å². The van der Waals surface area contributed by atoms with E-state index in [-0.39, 0.29) is 0 Å². The van der Waals surface area contributed by atoms with Gasteiger partial charge in [-0.1, -0.05) is 13.3 Å². The van der Waals surface area contributed by atoms with E-state index in [4.69, 9.17) is 4.74 Å². The van der Waals surface area contributed by atoms with Gasteiger partial charge in [-0.25, -0.2) is 0 Å². The van der Waals surface area contributed by atoms with Gasteiger partial charge in [-0.2, -0.15) is 5.10 Å². The number of aromatic nitrogens is 2. The van der Waals surface area contributed by atoms with Crippen molar-refractivity contribution in [1.29, 1.82) is 0 Å². The van der Waals surface area contributed by atoms with Gasteiger partial charge in [-0.05, 0) is 19.3 Å². The van der Waals surface area contributed by atoms with Crippen molar-refractivity contribution in [3.05, 3.63) is 18.0 Å². The van der Waals surface area contributed by atoms with E-state index in [9.17, 15) is 0 Å². The topological polar surface area (TPSA) is 39.1 Å². The molecule has 0 radical (unpaired) electrons. The van der Waals surface area contributed by atoms with Crippen molar-refractivity contribution in [3.8, 4) is 0 Å². The molecule has 0 bridgehead atoms. The molecule has 1 aromatic rings. The molecule has 1 aliphatic rings. The van der Waals surface area contributed by atoms with Crippen molar-refractivity contribution in [2.24, 2.45) is 7.05 Å². The number of aryl methyl sites for hydroxylation is 1. The van der Waals surface area contributed by atoms with E-state index in [1.54, 1.807) is 0 Å². The van der Waals surface area contributed by atoms with Gasteiger partial charge in [-0.3, -0.25) is 4.68 Å². The number of nitrogens with zero attached hydrogens (tertiary/aromatic N) is 2. The summed E-state index contributed by atoms with van der Waals surface area (Å²) in [6.45, 7) is 4.03. The summed E-state index contributed by atoms with van der Waals surface area (Å²) in [5, 5.41) is 7.78. The minimum absolute atomic E-state index is 0.458. The van der Waals surface area contributed by atoms with E-state index in [0.29, 0.717) is 12.1 Å². The fourth-order valence-electron chi connectivity index (χ4n) is 2.41. The molecule has 2 rings (SSSR count). The van der Waals surface area contributed by atoms with Crippen LogP contribution in [0.1, 0.15) is 38.2 Å². The molecule has 1 fully saturated rings. The number of ether oxygens (including phenoxy) is 1. The highest BCUT2D eigenvalue weighted by atomic mass is 16.5. The Kier molecular flexibility index (Phi) is 4.57. The summed E-state index contributed by atoms with van der Waals surface area (Å²) >= 11 is 0. The number of hydrogen-bond acceptors (Lipinski definition) is 3. The lowest BCUT2D eigenvalue weighted by Crippen LogP contribution is -2.38. The molecule has 0 saturated carbocycles. The predicted molar refractivity (Wildman–Crippen MR) is 67.7 cm³/mol. The maximum atomic E-state index is 5.75. The van der Waals surface area contributed by atoms with Crippen LogP contribution in [0.15, 0.2) is 12.4 Å². The molecule has 4 heteroatoms. The van der Waals surface area contributed by atoms with Crippen molar-refractivity contribution < 1.29 is 4.74 Å². The maximum Gasteiger partial charge on any atom is 0.0589 e. The van der Waals surface area contributed by atoms with E-state index in [1.807, 2.05) is 17.9 Å². The fourth-order valence-corrected chi connectivity index (χ4v) is 2.41. The van der Waals surface area contributed by atoms with Crippen LogP contribution in [0, 0.1) is 0 Å². The highest BCUT2D eigenvalue weighted by Gasteiger charge is 2.21. The quantitative estimate of drug-likeness (QED) is 0.849. The molecule has 0 aromatic carbocycles. The van der Waals surface area contributed by atoms with Gasteiger partial charge in [0.15, 0.2) is 0 Å². The van der Waals surface area contributed by atoms with Crippen molar-refractivity contribution in [1.82, 2.24) is 15.1 Å². The Morgan fingerprint density at radius 1 is 1.59 bits per heavy atom. The van der Waals surface area contributed by atoms with Crippen molar-refractivity contribution >= 4 is 0 Å². The molecule has 1 N–H and O–H groups in total. The Bertz CT molecular complexity index is 335. The molecule has 2 atom stereocenters. The molecule has 1 aliphatic heterocycles. The average Bonchev–Trinajstić information content (AvgIpc) is 2.74. The second-order valence-corrected chi connectivity index (χ2v) is 4.91. The molecule has 0 amide bonds. The van der Waals surface area contributed by atoms with E-state index in [2.05, 4.69) is 23.5 Å². The number of rotatable bonds is 5. The summed E-state index contributed by atoms with van der Waals surface area (Å²) in [5.74, 6) is 0. The first-order chi connectivity index (χ1) is 8.28. The highest BCUT2D eigenvalue weighted by Crippen LogP contribution is 2.18. The first-order valence-corrected chi connectivity index (χ1v) is 6.60. The van der Waals surface area contributed by atoms with Crippen LogP contribution in [0.25, 0.3) is 0 Å². The second-order valence-electron chi connectivity index (χ2n) is 4.91. The smallest absolute Gasteiger partial charge is 0.0589 e. The van der Waals surface area contributed by atoms with Crippen molar-refractivity contribution in [3.63, 3.8) is 0 Å². The molecule has 4 nitrogen and oxygen atoms in total. The van der Waals surface area contributed by atoms with Crippen LogP contribution in [-0.4, -0.2) is 28.5 Å². The number of hydrogen-bond donors (Lipinski definition) is 1. The minimum Gasteiger partial charge on any atom is -0.378 e. The summed E-state index contributed by atoms with van der Waals surface area (Å²) in [7, 11) is 1.95. The molecule has 1 saturated heterocycles. The van der Waals surface area contributed by atoms with E-state index < -0.39 is 0 Å². The molecule has 0 aliphatic carbocycles. The van der Waals surface area contributed by atoms with Gasteiger partial charge >= 0.3 is 0 Å². The predicted octanol–water partition coefficient (Wildman–Crippen LogP) is 1.86. The third-order valence-corrected chi connectivity index (χ3v) is 3.33. The monoisotopic (exact) mass is 237 g/mol. The molecule has 2 heterocycles. The zero-order valence-corrected chi connectivity index (χ0v) is 10.9. The lowest BCUT2D eigenvalue weighted by atomic mass is 10.00. The summed E-state index contributed by atoms with van der Waals surface area (Å²) in [4.78, 5) is 0. The Hall–Kier alpha value is -0.870. The van der Waals surface area contributed by atoms with E-state index >= 15 is 0 Å². The Morgan fingerprint density at radius 3 is 3.18 bits per heavy atom.